The molecule has 1 rings (SSSR count). The fourth-order valence-corrected chi connectivity index (χ4v) is 1.52. The van der Waals surface area contributed by atoms with Crippen molar-refractivity contribution in [2.75, 3.05) is 6.54 Å². The van der Waals surface area contributed by atoms with Gasteiger partial charge in [-0.25, -0.2) is 0 Å². The van der Waals surface area contributed by atoms with Crippen LogP contribution in [0.3, 0.4) is 0 Å². The third-order valence-electron chi connectivity index (χ3n) is 2.62. The molecule has 1 N–H and O–H groups in total. The first-order valence-electron chi connectivity index (χ1n) is 4.39. The Labute approximate surface area is 65.7 Å². The van der Waals surface area contributed by atoms with Gasteiger partial charge in [0.2, 0.25) is 0 Å². The van der Waals surface area contributed by atoms with Crippen molar-refractivity contribution in [3.63, 3.8) is 0 Å². The zero-order valence-corrected chi connectivity index (χ0v) is 7.41. The lowest BCUT2D eigenvalue weighted by atomic mass is 9.86. The molecule has 1 heteroatoms. The molecule has 1 aliphatic rings. The molecule has 62 valence electrons. The summed E-state index contributed by atoms with van der Waals surface area (Å²) in [6.07, 6.45) is 4.09. The molecule has 0 aromatic carbocycles. The summed E-state index contributed by atoms with van der Waals surface area (Å²) < 4.78 is 0. The van der Waals surface area contributed by atoms with Crippen LogP contribution in [0.5, 0.6) is 0 Å². The number of piperidine rings is 1. The lowest BCUT2D eigenvalue weighted by molar-refractivity contribution is 0.238. The highest BCUT2D eigenvalue weighted by Gasteiger charge is 2.24. The molecule has 1 heterocycles. The largest absolute Gasteiger partial charge is 0.312 e. The zero-order valence-electron chi connectivity index (χ0n) is 7.41. The van der Waals surface area contributed by atoms with E-state index < -0.39 is 0 Å². The third kappa shape index (κ3) is 1.98. The van der Waals surface area contributed by atoms with E-state index in [2.05, 4.69) is 26.1 Å². The van der Waals surface area contributed by atoms with Crippen LogP contribution >= 0.6 is 0 Å². The van der Waals surface area contributed by atoms with Gasteiger partial charge in [0.1, 0.15) is 0 Å². The van der Waals surface area contributed by atoms with Gasteiger partial charge in [-0.3, -0.25) is 0 Å². The molecular weight excluding hydrogens is 122 g/mol. The average molecular weight is 143 g/mol. The maximum absolute atomic E-state index is 3.56. The van der Waals surface area contributed by atoms with Crippen molar-refractivity contribution in [1.29, 1.82) is 0 Å². The summed E-state index contributed by atoms with van der Waals surface area (Å²) in [5, 5.41) is 3.56. The number of rotatable bonds is 1. The van der Waals surface area contributed by atoms with E-state index in [1.54, 1.807) is 0 Å². The Bertz CT molecular complexity index is 102. The molecule has 1 aliphatic heterocycles. The van der Waals surface area contributed by atoms with E-state index in [1.165, 1.54) is 25.8 Å². The van der Waals surface area contributed by atoms with Crippen molar-refractivity contribution in [1.82, 2.24) is 5.32 Å². The number of nitrogens with one attached hydrogen (secondary N) is 1. The molecule has 0 radical (unpaired) electrons. The van der Waals surface area contributed by atoms with Gasteiger partial charge < -0.3 is 5.32 Å². The quantitative estimate of drug-likeness (QED) is 0.594. The summed E-state index contributed by atoms with van der Waals surface area (Å²) in [4.78, 5) is 0. The number of hydrogen-bond acceptors (Lipinski definition) is 1. The van der Waals surface area contributed by atoms with Crippen molar-refractivity contribution >= 4 is 0 Å². The van der Waals surface area contributed by atoms with Crippen LogP contribution in [0, 0.1) is 5.92 Å². The molecule has 0 spiro atoms. The van der Waals surface area contributed by atoms with Gasteiger partial charge in [0.25, 0.3) is 0 Å². The standard InChI is InChI=1S/C9H19N.H2/c1-4-8-5-6-9(2,3)10-7-8;/h8,10H,4-7H2,1-3H3;1H/t8-;/m0./s1. The van der Waals surface area contributed by atoms with Gasteiger partial charge in [-0.1, -0.05) is 13.3 Å². The van der Waals surface area contributed by atoms with Gasteiger partial charge >= 0.3 is 0 Å². The molecule has 1 atom stereocenters. The van der Waals surface area contributed by atoms with E-state index in [0.717, 1.165) is 5.92 Å². The van der Waals surface area contributed by atoms with Crippen LogP contribution in [0.4, 0.5) is 0 Å². The Morgan fingerprint density at radius 3 is 2.70 bits per heavy atom. The predicted molar refractivity (Wildman–Crippen MR) is 47.2 cm³/mol. The minimum Gasteiger partial charge on any atom is -0.312 e. The highest BCUT2D eigenvalue weighted by molar-refractivity contribution is 4.84. The van der Waals surface area contributed by atoms with Crippen molar-refractivity contribution in [2.24, 2.45) is 5.92 Å². The molecule has 0 saturated carbocycles. The third-order valence-corrected chi connectivity index (χ3v) is 2.62. The van der Waals surface area contributed by atoms with Crippen molar-refractivity contribution in [3.8, 4) is 0 Å². The van der Waals surface area contributed by atoms with Crippen molar-refractivity contribution < 1.29 is 1.43 Å². The van der Waals surface area contributed by atoms with E-state index in [0.29, 0.717) is 5.54 Å². The fourth-order valence-electron chi connectivity index (χ4n) is 1.52. The van der Waals surface area contributed by atoms with E-state index in [-0.39, 0.29) is 1.43 Å². The summed E-state index contributed by atoms with van der Waals surface area (Å²) >= 11 is 0. The Morgan fingerprint density at radius 2 is 2.30 bits per heavy atom. The molecule has 1 fully saturated rings. The smallest absolute Gasteiger partial charge is 0.0125 e. The molecule has 1 nitrogen and oxygen atoms in total. The first kappa shape index (κ1) is 8.06. The van der Waals surface area contributed by atoms with Crippen LogP contribution in [0.2, 0.25) is 0 Å². The van der Waals surface area contributed by atoms with Gasteiger partial charge in [-0.05, 0) is 39.2 Å². The summed E-state index contributed by atoms with van der Waals surface area (Å²) in [6, 6.07) is 0. The average Bonchev–Trinajstić information content (AvgIpc) is 1.88. The molecule has 0 bridgehead atoms. The molecule has 0 aliphatic carbocycles. The first-order chi connectivity index (χ1) is 4.64. The highest BCUT2D eigenvalue weighted by Crippen LogP contribution is 2.23. The van der Waals surface area contributed by atoms with Gasteiger partial charge in [0, 0.05) is 6.97 Å². The van der Waals surface area contributed by atoms with Crippen LogP contribution in [0.1, 0.15) is 41.5 Å². The zero-order chi connectivity index (χ0) is 7.61. The summed E-state index contributed by atoms with van der Waals surface area (Å²) in [5.41, 5.74) is 0.408. The SMILES string of the molecule is CC[C@H]1CCC(C)(C)NC1.[HH]. The fraction of sp³-hybridized carbons (Fsp3) is 1.00. The van der Waals surface area contributed by atoms with Gasteiger partial charge in [0.05, 0.1) is 0 Å². The van der Waals surface area contributed by atoms with Crippen LogP contribution in [-0.4, -0.2) is 12.1 Å². The van der Waals surface area contributed by atoms with Crippen LogP contribution in [-0.2, 0) is 0 Å². The Hall–Kier alpha value is -0.0400. The van der Waals surface area contributed by atoms with E-state index in [4.69, 9.17) is 0 Å². The lowest BCUT2D eigenvalue weighted by Gasteiger charge is -2.35. The molecular formula is C9H21N. The normalized spacial score (nSPS) is 32.1. The minimum absolute atomic E-state index is 0. The Balaban J connectivity index is 0.000001000. The Kier molecular flexibility index (Phi) is 2.35. The van der Waals surface area contributed by atoms with E-state index in [9.17, 15) is 0 Å². The molecule has 1 saturated heterocycles. The molecule has 0 amide bonds. The number of hydrogen-bond donors (Lipinski definition) is 1. The minimum atomic E-state index is 0. The van der Waals surface area contributed by atoms with E-state index in [1.807, 2.05) is 0 Å². The highest BCUT2D eigenvalue weighted by atomic mass is 15.0. The summed E-state index contributed by atoms with van der Waals surface area (Å²) in [5.74, 6) is 0.938. The van der Waals surface area contributed by atoms with E-state index >= 15 is 0 Å². The molecule has 10 heavy (non-hydrogen) atoms. The van der Waals surface area contributed by atoms with Gasteiger partial charge in [-0.2, -0.15) is 0 Å². The summed E-state index contributed by atoms with van der Waals surface area (Å²) in [7, 11) is 0. The first-order valence-corrected chi connectivity index (χ1v) is 4.39. The van der Waals surface area contributed by atoms with Gasteiger partial charge in [-0.15, -0.1) is 0 Å². The van der Waals surface area contributed by atoms with Crippen molar-refractivity contribution in [3.05, 3.63) is 0 Å². The maximum Gasteiger partial charge on any atom is 0.0125 e. The van der Waals surface area contributed by atoms with Crippen LogP contribution < -0.4 is 5.32 Å². The maximum atomic E-state index is 3.56. The molecule has 0 aromatic rings. The van der Waals surface area contributed by atoms with Gasteiger partial charge in [0.15, 0.2) is 0 Å². The van der Waals surface area contributed by atoms with Crippen LogP contribution in [0.15, 0.2) is 0 Å². The Morgan fingerprint density at radius 1 is 1.60 bits per heavy atom. The lowest BCUT2D eigenvalue weighted by Crippen LogP contribution is -2.46. The molecule has 0 aromatic heterocycles. The van der Waals surface area contributed by atoms with Crippen LogP contribution in [0.25, 0.3) is 0 Å². The second-order valence-corrected chi connectivity index (χ2v) is 4.08. The monoisotopic (exact) mass is 143 g/mol. The van der Waals surface area contributed by atoms with Crippen molar-refractivity contribution in [2.45, 2.75) is 45.6 Å². The second kappa shape index (κ2) is 2.91. The topological polar surface area (TPSA) is 12.0 Å². The molecule has 0 unspecified atom stereocenters. The predicted octanol–water partition coefficient (Wildman–Crippen LogP) is 2.42. The second-order valence-electron chi connectivity index (χ2n) is 4.08. The summed E-state index contributed by atoms with van der Waals surface area (Å²) in [6.45, 7) is 8.09.